The molecule has 0 atom stereocenters. The van der Waals surface area contributed by atoms with Gasteiger partial charge in [-0.3, -0.25) is 0 Å². The van der Waals surface area contributed by atoms with E-state index in [1.807, 2.05) is 12.3 Å². The van der Waals surface area contributed by atoms with E-state index in [2.05, 4.69) is 20.3 Å². The zero-order valence-electron chi connectivity index (χ0n) is 11.2. The molecule has 20 heavy (non-hydrogen) atoms. The number of hydrogen-bond donors (Lipinski definition) is 2. The van der Waals surface area contributed by atoms with Crippen LogP contribution >= 0.6 is 0 Å². The molecule has 3 rings (SSSR count). The first-order chi connectivity index (χ1) is 9.54. The summed E-state index contributed by atoms with van der Waals surface area (Å²) in [6.45, 7) is 1.11. The van der Waals surface area contributed by atoms with Gasteiger partial charge in [-0.25, -0.2) is 22.7 Å². The topological polar surface area (TPSA) is 91.0 Å². The Morgan fingerprint density at radius 1 is 1.35 bits per heavy atom. The summed E-state index contributed by atoms with van der Waals surface area (Å²) in [5, 5.41) is 4.35. The van der Waals surface area contributed by atoms with E-state index in [9.17, 15) is 8.42 Å². The van der Waals surface area contributed by atoms with Crippen LogP contribution in [0.4, 0.5) is 5.82 Å². The van der Waals surface area contributed by atoms with Crippen LogP contribution in [-0.4, -0.2) is 53.1 Å². The number of aromatic nitrogens is 3. The molecule has 2 aromatic rings. The largest absolute Gasteiger partial charge is 0.367 e. The number of rotatable bonds is 3. The molecular formula is C12H17N5O2S. The van der Waals surface area contributed by atoms with Crippen molar-refractivity contribution in [3.8, 4) is 0 Å². The van der Waals surface area contributed by atoms with Gasteiger partial charge in [0.1, 0.15) is 17.8 Å². The fourth-order valence-electron chi connectivity index (χ4n) is 2.51. The van der Waals surface area contributed by atoms with Crippen molar-refractivity contribution in [1.29, 1.82) is 0 Å². The summed E-state index contributed by atoms with van der Waals surface area (Å²) in [6.07, 6.45) is 6.17. The molecule has 0 bridgehead atoms. The van der Waals surface area contributed by atoms with Crippen molar-refractivity contribution >= 4 is 26.9 Å². The molecule has 0 radical (unpaired) electrons. The molecule has 2 N–H and O–H groups in total. The summed E-state index contributed by atoms with van der Waals surface area (Å²) in [5.74, 6) is 0.800. The number of anilines is 1. The maximum absolute atomic E-state index is 11.5. The second-order valence-corrected chi connectivity index (χ2v) is 7.03. The first-order valence-electron chi connectivity index (χ1n) is 6.54. The molecule has 0 amide bonds. The van der Waals surface area contributed by atoms with E-state index in [4.69, 9.17) is 0 Å². The third-order valence-electron chi connectivity index (χ3n) is 3.62. The van der Waals surface area contributed by atoms with E-state index in [-0.39, 0.29) is 6.04 Å². The predicted octanol–water partition coefficient (Wildman–Crippen LogP) is 0.794. The van der Waals surface area contributed by atoms with Gasteiger partial charge >= 0.3 is 0 Å². The number of piperidine rings is 1. The molecule has 0 saturated carbocycles. The maximum Gasteiger partial charge on any atom is 0.211 e. The number of sulfonamides is 1. The predicted molar refractivity (Wildman–Crippen MR) is 77.0 cm³/mol. The fraction of sp³-hybridized carbons (Fsp3) is 0.500. The molecule has 0 spiro atoms. The molecule has 8 heteroatoms. The van der Waals surface area contributed by atoms with E-state index in [1.165, 1.54) is 16.9 Å². The average molecular weight is 295 g/mol. The fourth-order valence-corrected chi connectivity index (χ4v) is 3.39. The molecule has 0 unspecified atom stereocenters. The third-order valence-corrected chi connectivity index (χ3v) is 4.92. The van der Waals surface area contributed by atoms with Gasteiger partial charge in [-0.05, 0) is 18.9 Å². The molecule has 1 fully saturated rings. The maximum atomic E-state index is 11.5. The number of nitrogens with one attached hydrogen (secondary N) is 2. The Morgan fingerprint density at radius 2 is 2.10 bits per heavy atom. The third kappa shape index (κ3) is 2.61. The first kappa shape index (κ1) is 13.3. The van der Waals surface area contributed by atoms with Crippen LogP contribution in [0.5, 0.6) is 0 Å². The summed E-state index contributed by atoms with van der Waals surface area (Å²) < 4.78 is 24.5. The molecule has 2 aromatic heterocycles. The van der Waals surface area contributed by atoms with Gasteiger partial charge in [0.25, 0.3) is 0 Å². The van der Waals surface area contributed by atoms with Gasteiger partial charge in [0.05, 0.1) is 11.6 Å². The highest BCUT2D eigenvalue weighted by atomic mass is 32.2. The normalized spacial score (nSPS) is 18.4. The Bertz CT molecular complexity index is 703. The second kappa shape index (κ2) is 5.02. The summed E-state index contributed by atoms with van der Waals surface area (Å²) in [6, 6.07) is 2.17. The summed E-state index contributed by atoms with van der Waals surface area (Å²) in [5.41, 5.74) is 0.802. The molecule has 1 aliphatic rings. The monoisotopic (exact) mass is 295 g/mol. The van der Waals surface area contributed by atoms with Gasteiger partial charge in [-0.1, -0.05) is 0 Å². The smallest absolute Gasteiger partial charge is 0.211 e. The first-order valence-corrected chi connectivity index (χ1v) is 8.38. The molecule has 1 saturated heterocycles. The van der Waals surface area contributed by atoms with Gasteiger partial charge in [-0.2, -0.15) is 0 Å². The Kier molecular flexibility index (Phi) is 3.35. The van der Waals surface area contributed by atoms with Crippen LogP contribution < -0.4 is 5.32 Å². The van der Waals surface area contributed by atoms with E-state index >= 15 is 0 Å². The lowest BCUT2D eigenvalue weighted by Gasteiger charge is -2.30. The van der Waals surface area contributed by atoms with E-state index in [1.54, 1.807) is 0 Å². The van der Waals surface area contributed by atoms with Crippen LogP contribution in [0.25, 0.3) is 11.0 Å². The number of H-pyrrole nitrogens is 1. The van der Waals surface area contributed by atoms with E-state index < -0.39 is 10.0 Å². The molecule has 7 nitrogen and oxygen atoms in total. The Hall–Kier alpha value is -1.67. The van der Waals surface area contributed by atoms with Crippen molar-refractivity contribution in [3.05, 3.63) is 18.6 Å². The highest BCUT2D eigenvalue weighted by molar-refractivity contribution is 7.88. The van der Waals surface area contributed by atoms with Gasteiger partial charge in [0, 0.05) is 25.3 Å². The van der Waals surface area contributed by atoms with Crippen molar-refractivity contribution in [2.45, 2.75) is 18.9 Å². The number of nitrogens with zero attached hydrogens (tertiary/aromatic N) is 3. The molecule has 1 aliphatic heterocycles. The Morgan fingerprint density at radius 3 is 2.80 bits per heavy atom. The van der Waals surface area contributed by atoms with Crippen LogP contribution in [0, 0.1) is 0 Å². The minimum Gasteiger partial charge on any atom is -0.367 e. The van der Waals surface area contributed by atoms with Crippen molar-refractivity contribution in [1.82, 2.24) is 19.3 Å². The standard InChI is InChI=1S/C12H17N5O2S/c1-20(18,19)17-6-3-9(4-7-17)16-12-10-2-5-13-11(10)14-8-15-12/h2,5,8-9H,3-4,6-7H2,1H3,(H2,13,14,15,16). The Labute approximate surface area is 117 Å². The van der Waals surface area contributed by atoms with Crippen molar-refractivity contribution in [3.63, 3.8) is 0 Å². The summed E-state index contributed by atoms with van der Waals surface area (Å²) in [4.78, 5) is 11.5. The minimum atomic E-state index is -3.07. The highest BCUT2D eigenvalue weighted by Crippen LogP contribution is 2.22. The Balaban J connectivity index is 1.70. The van der Waals surface area contributed by atoms with Crippen LogP contribution in [0.2, 0.25) is 0 Å². The lowest BCUT2D eigenvalue weighted by Crippen LogP contribution is -2.41. The molecule has 0 aromatic carbocycles. The van der Waals surface area contributed by atoms with Crippen LogP contribution in [0.3, 0.4) is 0 Å². The molecule has 0 aliphatic carbocycles. The van der Waals surface area contributed by atoms with Crippen LogP contribution in [-0.2, 0) is 10.0 Å². The van der Waals surface area contributed by atoms with Gasteiger partial charge < -0.3 is 10.3 Å². The molecule has 3 heterocycles. The van der Waals surface area contributed by atoms with Gasteiger partial charge in [-0.15, -0.1) is 0 Å². The highest BCUT2D eigenvalue weighted by Gasteiger charge is 2.25. The van der Waals surface area contributed by atoms with E-state index in [0.717, 1.165) is 29.7 Å². The van der Waals surface area contributed by atoms with Crippen molar-refractivity contribution in [2.24, 2.45) is 0 Å². The van der Waals surface area contributed by atoms with Gasteiger partial charge in [0.15, 0.2) is 0 Å². The van der Waals surface area contributed by atoms with Crippen LogP contribution in [0.15, 0.2) is 18.6 Å². The lowest BCUT2D eigenvalue weighted by atomic mass is 10.1. The summed E-state index contributed by atoms with van der Waals surface area (Å²) in [7, 11) is -3.07. The van der Waals surface area contributed by atoms with Crippen LogP contribution in [0.1, 0.15) is 12.8 Å². The number of hydrogen-bond acceptors (Lipinski definition) is 5. The number of aromatic amines is 1. The second-order valence-electron chi connectivity index (χ2n) is 5.04. The molecule has 108 valence electrons. The summed E-state index contributed by atoms with van der Waals surface area (Å²) >= 11 is 0. The average Bonchev–Trinajstić information content (AvgIpc) is 2.88. The quantitative estimate of drug-likeness (QED) is 0.873. The number of fused-ring (bicyclic) bond motifs is 1. The SMILES string of the molecule is CS(=O)(=O)N1CCC(Nc2ncnc3[nH]ccc23)CC1. The van der Waals surface area contributed by atoms with Crippen molar-refractivity contribution in [2.75, 3.05) is 24.7 Å². The lowest BCUT2D eigenvalue weighted by molar-refractivity contribution is 0.331. The van der Waals surface area contributed by atoms with Crippen molar-refractivity contribution < 1.29 is 8.42 Å². The minimum absolute atomic E-state index is 0.237. The zero-order chi connectivity index (χ0) is 14.2. The zero-order valence-corrected chi connectivity index (χ0v) is 12.0. The van der Waals surface area contributed by atoms with Gasteiger partial charge in [0.2, 0.25) is 10.0 Å². The molecular weight excluding hydrogens is 278 g/mol. The van der Waals surface area contributed by atoms with E-state index in [0.29, 0.717) is 13.1 Å².